The molecule has 82 valence electrons. The molecule has 2 heterocycles. The molecule has 16 heavy (non-hydrogen) atoms. The fourth-order valence-electron chi connectivity index (χ4n) is 2.39. The van der Waals surface area contributed by atoms with Crippen molar-refractivity contribution in [3.63, 3.8) is 0 Å². The Kier molecular flexibility index (Phi) is 2.06. The standard InChI is InChI=1S/C13H13FN2/c1-9-12-6-3-7-16(12)15-13(9)10-4-2-5-11(14)8-10/h2,4-5,8H,3,6-7H2,1H3. The van der Waals surface area contributed by atoms with Gasteiger partial charge in [-0.05, 0) is 37.5 Å². The van der Waals surface area contributed by atoms with E-state index in [1.807, 2.05) is 6.07 Å². The minimum Gasteiger partial charge on any atom is -0.269 e. The summed E-state index contributed by atoms with van der Waals surface area (Å²) in [6.07, 6.45) is 2.26. The van der Waals surface area contributed by atoms with Gasteiger partial charge in [-0.25, -0.2) is 4.39 Å². The second-order valence-electron chi connectivity index (χ2n) is 4.26. The molecular formula is C13H13FN2. The Labute approximate surface area is 93.7 Å². The maximum atomic E-state index is 13.2. The van der Waals surface area contributed by atoms with E-state index in [-0.39, 0.29) is 5.82 Å². The molecule has 0 radical (unpaired) electrons. The smallest absolute Gasteiger partial charge is 0.123 e. The summed E-state index contributed by atoms with van der Waals surface area (Å²) in [6, 6.07) is 6.65. The molecule has 3 rings (SSSR count). The Morgan fingerprint density at radius 1 is 1.38 bits per heavy atom. The fourth-order valence-corrected chi connectivity index (χ4v) is 2.39. The van der Waals surface area contributed by atoms with Gasteiger partial charge in [-0.3, -0.25) is 4.68 Å². The average Bonchev–Trinajstić information content (AvgIpc) is 2.82. The normalized spacial score (nSPS) is 14.1. The number of rotatable bonds is 1. The van der Waals surface area contributed by atoms with E-state index in [0.29, 0.717) is 0 Å². The predicted molar refractivity (Wildman–Crippen MR) is 60.7 cm³/mol. The van der Waals surface area contributed by atoms with Crippen LogP contribution in [0.1, 0.15) is 17.7 Å². The van der Waals surface area contributed by atoms with E-state index in [0.717, 1.165) is 24.2 Å². The topological polar surface area (TPSA) is 17.8 Å². The first-order valence-corrected chi connectivity index (χ1v) is 5.58. The van der Waals surface area contributed by atoms with Crippen LogP contribution in [-0.4, -0.2) is 9.78 Å². The zero-order valence-corrected chi connectivity index (χ0v) is 9.20. The van der Waals surface area contributed by atoms with Crippen LogP contribution in [0.4, 0.5) is 4.39 Å². The van der Waals surface area contributed by atoms with E-state index >= 15 is 0 Å². The molecule has 0 bridgehead atoms. The zero-order valence-electron chi connectivity index (χ0n) is 9.20. The Bertz CT molecular complexity index is 543. The summed E-state index contributed by atoms with van der Waals surface area (Å²) in [7, 11) is 0. The van der Waals surface area contributed by atoms with Crippen molar-refractivity contribution < 1.29 is 4.39 Å². The lowest BCUT2D eigenvalue weighted by Crippen LogP contribution is -1.94. The Hall–Kier alpha value is -1.64. The number of halogens is 1. The third-order valence-electron chi connectivity index (χ3n) is 3.20. The van der Waals surface area contributed by atoms with Crippen molar-refractivity contribution in [2.75, 3.05) is 0 Å². The molecule has 2 nitrogen and oxygen atoms in total. The molecule has 1 aliphatic rings. The number of aryl methyl sites for hydroxylation is 1. The van der Waals surface area contributed by atoms with Gasteiger partial charge in [0.05, 0.1) is 5.69 Å². The second-order valence-corrected chi connectivity index (χ2v) is 4.26. The van der Waals surface area contributed by atoms with Gasteiger partial charge in [-0.15, -0.1) is 0 Å². The van der Waals surface area contributed by atoms with Crippen molar-refractivity contribution in [1.29, 1.82) is 0 Å². The SMILES string of the molecule is Cc1c(-c2cccc(F)c2)nn2c1CCC2. The lowest BCUT2D eigenvalue weighted by molar-refractivity contribution is 0.627. The van der Waals surface area contributed by atoms with Gasteiger partial charge in [0.2, 0.25) is 0 Å². The van der Waals surface area contributed by atoms with E-state index in [2.05, 4.69) is 16.7 Å². The lowest BCUT2D eigenvalue weighted by Gasteiger charge is -1.99. The number of hydrogen-bond acceptors (Lipinski definition) is 1. The van der Waals surface area contributed by atoms with Crippen LogP contribution in [0.2, 0.25) is 0 Å². The van der Waals surface area contributed by atoms with E-state index in [1.54, 1.807) is 12.1 Å². The molecule has 0 fully saturated rings. The molecule has 0 amide bonds. The summed E-state index contributed by atoms with van der Waals surface area (Å²) in [6.45, 7) is 3.07. The third kappa shape index (κ3) is 1.35. The molecule has 1 aromatic carbocycles. The summed E-state index contributed by atoms with van der Waals surface area (Å²) < 4.78 is 15.2. The number of fused-ring (bicyclic) bond motifs is 1. The van der Waals surface area contributed by atoms with Crippen LogP contribution in [0.3, 0.4) is 0 Å². The van der Waals surface area contributed by atoms with Crippen LogP contribution in [0.25, 0.3) is 11.3 Å². The highest BCUT2D eigenvalue weighted by molar-refractivity contribution is 5.64. The fraction of sp³-hybridized carbons (Fsp3) is 0.308. The van der Waals surface area contributed by atoms with Crippen molar-refractivity contribution in [3.8, 4) is 11.3 Å². The largest absolute Gasteiger partial charge is 0.269 e. The second kappa shape index (κ2) is 3.44. The van der Waals surface area contributed by atoms with Gasteiger partial charge in [0.15, 0.2) is 0 Å². The van der Waals surface area contributed by atoms with Gasteiger partial charge in [-0.1, -0.05) is 12.1 Å². The van der Waals surface area contributed by atoms with Gasteiger partial charge >= 0.3 is 0 Å². The zero-order chi connectivity index (χ0) is 11.1. The van der Waals surface area contributed by atoms with E-state index in [1.165, 1.54) is 23.7 Å². The maximum Gasteiger partial charge on any atom is 0.123 e. The summed E-state index contributed by atoms with van der Waals surface area (Å²) in [5.74, 6) is -0.204. The molecule has 0 saturated carbocycles. The average molecular weight is 216 g/mol. The molecule has 0 aliphatic carbocycles. The lowest BCUT2D eigenvalue weighted by atomic mass is 10.1. The number of benzene rings is 1. The first-order chi connectivity index (χ1) is 7.75. The highest BCUT2D eigenvalue weighted by Gasteiger charge is 2.19. The quantitative estimate of drug-likeness (QED) is 0.716. The molecule has 0 saturated heterocycles. The maximum absolute atomic E-state index is 13.2. The minimum absolute atomic E-state index is 0.204. The van der Waals surface area contributed by atoms with E-state index < -0.39 is 0 Å². The number of nitrogens with zero attached hydrogens (tertiary/aromatic N) is 2. The third-order valence-corrected chi connectivity index (χ3v) is 3.20. The number of aromatic nitrogens is 2. The van der Waals surface area contributed by atoms with Crippen molar-refractivity contribution in [1.82, 2.24) is 9.78 Å². The van der Waals surface area contributed by atoms with Crippen LogP contribution in [-0.2, 0) is 13.0 Å². The van der Waals surface area contributed by atoms with Crippen molar-refractivity contribution in [2.45, 2.75) is 26.3 Å². The highest BCUT2D eigenvalue weighted by Crippen LogP contribution is 2.28. The molecule has 2 aromatic rings. The van der Waals surface area contributed by atoms with Crippen molar-refractivity contribution in [3.05, 3.63) is 41.3 Å². The monoisotopic (exact) mass is 216 g/mol. The van der Waals surface area contributed by atoms with E-state index in [4.69, 9.17) is 0 Å². The molecule has 0 atom stereocenters. The predicted octanol–water partition coefficient (Wildman–Crippen LogP) is 2.94. The summed E-state index contributed by atoms with van der Waals surface area (Å²) >= 11 is 0. The Balaban J connectivity index is 2.14. The van der Waals surface area contributed by atoms with Crippen molar-refractivity contribution >= 4 is 0 Å². The molecule has 0 spiro atoms. The van der Waals surface area contributed by atoms with Gasteiger partial charge in [0, 0.05) is 17.8 Å². The van der Waals surface area contributed by atoms with Gasteiger partial charge in [0.1, 0.15) is 5.82 Å². The molecule has 0 N–H and O–H groups in total. The molecule has 1 aliphatic heterocycles. The van der Waals surface area contributed by atoms with Crippen LogP contribution >= 0.6 is 0 Å². The Morgan fingerprint density at radius 3 is 3.00 bits per heavy atom. The van der Waals surface area contributed by atoms with Crippen molar-refractivity contribution in [2.24, 2.45) is 0 Å². The minimum atomic E-state index is -0.204. The number of hydrogen-bond donors (Lipinski definition) is 0. The van der Waals surface area contributed by atoms with Crippen LogP contribution in [0.5, 0.6) is 0 Å². The summed E-state index contributed by atoms with van der Waals surface area (Å²) in [5, 5.41) is 4.55. The van der Waals surface area contributed by atoms with Crippen LogP contribution < -0.4 is 0 Å². The first kappa shape index (κ1) is 9.58. The molecule has 1 aromatic heterocycles. The van der Waals surface area contributed by atoms with E-state index in [9.17, 15) is 4.39 Å². The molecule has 3 heteroatoms. The first-order valence-electron chi connectivity index (χ1n) is 5.58. The highest BCUT2D eigenvalue weighted by atomic mass is 19.1. The van der Waals surface area contributed by atoms with Gasteiger partial charge < -0.3 is 0 Å². The van der Waals surface area contributed by atoms with Crippen LogP contribution in [0.15, 0.2) is 24.3 Å². The molecular weight excluding hydrogens is 203 g/mol. The summed E-state index contributed by atoms with van der Waals surface area (Å²) in [5.41, 5.74) is 4.30. The van der Waals surface area contributed by atoms with Crippen LogP contribution in [0, 0.1) is 12.7 Å². The Morgan fingerprint density at radius 2 is 2.25 bits per heavy atom. The van der Waals surface area contributed by atoms with Gasteiger partial charge in [0.25, 0.3) is 0 Å². The molecule has 0 unspecified atom stereocenters. The van der Waals surface area contributed by atoms with Gasteiger partial charge in [-0.2, -0.15) is 5.10 Å². The summed E-state index contributed by atoms with van der Waals surface area (Å²) in [4.78, 5) is 0.